The largest absolute Gasteiger partial charge is 0.623 e. The van der Waals surface area contributed by atoms with Gasteiger partial charge in [0.25, 0.3) is 0 Å². The highest BCUT2D eigenvalue weighted by Gasteiger charge is 2.18. The van der Waals surface area contributed by atoms with Crippen LogP contribution in [0.3, 0.4) is 0 Å². The number of hydrogen-bond donors (Lipinski definition) is 0. The zero-order chi connectivity index (χ0) is 12.9. The summed E-state index contributed by atoms with van der Waals surface area (Å²) in [4.78, 5) is 11.4. The van der Waals surface area contributed by atoms with Crippen LogP contribution in [0.4, 0.5) is 0 Å². The first-order chi connectivity index (χ1) is 7.87. The molecule has 0 fully saturated rings. The molecule has 1 rings (SSSR count). The normalized spacial score (nSPS) is 12.3. The maximum absolute atomic E-state index is 11.5. The predicted octanol–water partition coefficient (Wildman–Crippen LogP) is 1.96. The molecule has 0 aliphatic carbocycles. The second-order valence-electron chi connectivity index (χ2n) is 4.70. The smallest absolute Gasteiger partial charge is 0.374 e. The van der Waals surface area contributed by atoms with Crippen LogP contribution in [0.15, 0.2) is 30.3 Å². The Morgan fingerprint density at radius 3 is 2.47 bits per heavy atom. The molecule has 0 bridgehead atoms. The maximum Gasteiger partial charge on any atom is 0.374 e. The third-order valence-corrected chi connectivity index (χ3v) is 1.80. The molecule has 0 radical (unpaired) electrons. The summed E-state index contributed by atoms with van der Waals surface area (Å²) in [5, 5.41) is 11.5. The number of hydrogen-bond acceptors (Lipinski definition) is 3. The fraction of sp³-hybridized carbons (Fsp3) is 0.385. The Labute approximate surface area is 101 Å². The highest BCUT2D eigenvalue weighted by molar-refractivity contribution is 5.77. The SMILES string of the molecule is CC(C)(C)OC(=O)C[N+]([O-])=Cc1ccccc1. The van der Waals surface area contributed by atoms with Gasteiger partial charge in [0, 0.05) is 5.56 Å². The Morgan fingerprint density at radius 1 is 1.35 bits per heavy atom. The summed E-state index contributed by atoms with van der Waals surface area (Å²) < 4.78 is 5.62. The van der Waals surface area contributed by atoms with E-state index in [0.29, 0.717) is 4.74 Å². The summed E-state index contributed by atoms with van der Waals surface area (Å²) in [6.07, 6.45) is 1.36. The van der Waals surface area contributed by atoms with E-state index in [2.05, 4.69) is 0 Å². The molecule has 1 aromatic carbocycles. The van der Waals surface area contributed by atoms with Crippen molar-refractivity contribution < 1.29 is 14.3 Å². The Balaban J connectivity index is 2.58. The molecule has 4 nitrogen and oxygen atoms in total. The quantitative estimate of drug-likeness (QED) is 0.264. The van der Waals surface area contributed by atoms with Crippen LogP contribution in [-0.2, 0) is 9.53 Å². The van der Waals surface area contributed by atoms with Gasteiger partial charge in [-0.2, -0.15) is 4.74 Å². The minimum Gasteiger partial charge on any atom is -0.623 e. The molecule has 17 heavy (non-hydrogen) atoms. The molecule has 0 aromatic heterocycles. The third kappa shape index (κ3) is 5.70. The van der Waals surface area contributed by atoms with Gasteiger partial charge < -0.3 is 9.94 Å². The molecule has 0 saturated carbocycles. The van der Waals surface area contributed by atoms with E-state index in [-0.39, 0.29) is 6.54 Å². The summed E-state index contributed by atoms with van der Waals surface area (Å²) in [7, 11) is 0. The highest BCUT2D eigenvalue weighted by atomic mass is 16.6. The van der Waals surface area contributed by atoms with Crippen molar-refractivity contribution in [3.05, 3.63) is 41.1 Å². The molecule has 0 aliphatic heterocycles. The van der Waals surface area contributed by atoms with E-state index in [0.717, 1.165) is 5.56 Å². The fourth-order valence-corrected chi connectivity index (χ4v) is 1.25. The van der Waals surface area contributed by atoms with Gasteiger partial charge in [0.1, 0.15) is 5.60 Å². The molecular weight excluding hydrogens is 218 g/mol. The van der Waals surface area contributed by atoms with Crippen LogP contribution in [0.5, 0.6) is 0 Å². The second-order valence-corrected chi connectivity index (χ2v) is 4.70. The van der Waals surface area contributed by atoms with E-state index in [1.807, 2.05) is 18.2 Å². The fourth-order valence-electron chi connectivity index (χ4n) is 1.25. The maximum atomic E-state index is 11.5. The van der Waals surface area contributed by atoms with Crippen LogP contribution >= 0.6 is 0 Å². The van der Waals surface area contributed by atoms with Gasteiger partial charge in [0.05, 0.1) is 0 Å². The van der Waals surface area contributed by atoms with Crippen molar-refractivity contribution in [2.75, 3.05) is 6.54 Å². The number of benzene rings is 1. The number of carbonyl (C=O) groups excluding carboxylic acids is 1. The van der Waals surface area contributed by atoms with Crippen LogP contribution in [0.25, 0.3) is 0 Å². The average molecular weight is 235 g/mol. The molecule has 0 aliphatic rings. The third-order valence-electron chi connectivity index (χ3n) is 1.80. The van der Waals surface area contributed by atoms with Crippen molar-refractivity contribution in [2.24, 2.45) is 0 Å². The Kier molecular flexibility index (Phi) is 4.26. The number of rotatable bonds is 3. The number of nitrogens with zero attached hydrogens (tertiary/aromatic N) is 1. The Hall–Kier alpha value is -1.84. The molecule has 0 amide bonds. The summed E-state index contributed by atoms with van der Waals surface area (Å²) >= 11 is 0. The molecule has 0 unspecified atom stereocenters. The van der Waals surface area contributed by atoms with Crippen LogP contribution in [-0.4, -0.2) is 29.1 Å². The van der Waals surface area contributed by atoms with E-state index in [9.17, 15) is 10.0 Å². The zero-order valence-corrected chi connectivity index (χ0v) is 10.3. The number of ether oxygens (including phenoxy) is 1. The lowest BCUT2D eigenvalue weighted by Crippen LogP contribution is -2.29. The van der Waals surface area contributed by atoms with Gasteiger partial charge in [-0.05, 0) is 32.9 Å². The topological polar surface area (TPSA) is 52.4 Å². The van der Waals surface area contributed by atoms with Gasteiger partial charge in [0.15, 0.2) is 6.21 Å². The van der Waals surface area contributed by atoms with E-state index in [4.69, 9.17) is 4.74 Å². The van der Waals surface area contributed by atoms with Crippen LogP contribution in [0, 0.1) is 5.21 Å². The Bertz CT molecular complexity index is 404. The van der Waals surface area contributed by atoms with Crippen LogP contribution < -0.4 is 0 Å². The van der Waals surface area contributed by atoms with Crippen LogP contribution in [0.1, 0.15) is 26.3 Å². The van der Waals surface area contributed by atoms with E-state index in [1.165, 1.54) is 6.21 Å². The monoisotopic (exact) mass is 235 g/mol. The first-order valence-electron chi connectivity index (χ1n) is 5.42. The van der Waals surface area contributed by atoms with Crippen LogP contribution in [0.2, 0.25) is 0 Å². The van der Waals surface area contributed by atoms with E-state index >= 15 is 0 Å². The van der Waals surface area contributed by atoms with Crippen molar-refractivity contribution >= 4 is 12.2 Å². The molecule has 0 heterocycles. The summed E-state index contributed by atoms with van der Waals surface area (Å²) in [5.41, 5.74) is 0.191. The lowest BCUT2D eigenvalue weighted by molar-refractivity contribution is -0.443. The number of hydroxylamine groups is 1. The average Bonchev–Trinajstić information content (AvgIpc) is 2.15. The van der Waals surface area contributed by atoms with Gasteiger partial charge in [-0.15, -0.1) is 0 Å². The molecule has 0 spiro atoms. The molecular formula is C13H17NO3. The lowest BCUT2D eigenvalue weighted by Gasteiger charge is -2.18. The first-order valence-corrected chi connectivity index (χ1v) is 5.42. The molecule has 0 atom stereocenters. The van der Waals surface area contributed by atoms with E-state index < -0.39 is 11.6 Å². The van der Waals surface area contributed by atoms with Crippen molar-refractivity contribution in [3.63, 3.8) is 0 Å². The molecule has 0 N–H and O–H groups in total. The number of carbonyl (C=O) groups is 1. The standard InChI is InChI=1S/C13H17NO3/c1-13(2,3)17-12(15)10-14(16)9-11-7-5-4-6-8-11/h4-9H,10H2,1-3H3. The first kappa shape index (κ1) is 13.2. The van der Waals surface area contributed by atoms with Crippen molar-refractivity contribution in [1.29, 1.82) is 0 Å². The van der Waals surface area contributed by atoms with Gasteiger partial charge in [-0.3, -0.25) is 0 Å². The second kappa shape index (κ2) is 5.48. The van der Waals surface area contributed by atoms with Gasteiger partial charge in [-0.1, -0.05) is 18.2 Å². The predicted molar refractivity (Wildman–Crippen MR) is 65.9 cm³/mol. The van der Waals surface area contributed by atoms with Gasteiger partial charge >= 0.3 is 5.97 Å². The summed E-state index contributed by atoms with van der Waals surface area (Å²) in [5.74, 6) is -0.528. The highest BCUT2D eigenvalue weighted by Crippen LogP contribution is 2.06. The van der Waals surface area contributed by atoms with Gasteiger partial charge in [0.2, 0.25) is 6.54 Å². The summed E-state index contributed by atoms with van der Waals surface area (Å²) in [6, 6.07) is 9.10. The molecule has 1 aromatic rings. The minimum atomic E-state index is -0.565. The number of esters is 1. The van der Waals surface area contributed by atoms with Gasteiger partial charge in [-0.25, -0.2) is 4.79 Å². The molecule has 92 valence electrons. The minimum absolute atomic E-state index is 0.299. The van der Waals surface area contributed by atoms with Crippen molar-refractivity contribution in [2.45, 2.75) is 26.4 Å². The van der Waals surface area contributed by atoms with E-state index in [1.54, 1.807) is 32.9 Å². The summed E-state index contributed by atoms with van der Waals surface area (Å²) in [6.45, 7) is 5.00. The zero-order valence-electron chi connectivity index (χ0n) is 10.3. The molecule has 4 heteroatoms. The van der Waals surface area contributed by atoms with Crippen molar-refractivity contribution in [1.82, 2.24) is 0 Å². The molecule has 0 saturated heterocycles. The Morgan fingerprint density at radius 2 is 1.94 bits per heavy atom. The lowest BCUT2D eigenvalue weighted by atomic mass is 10.2. The van der Waals surface area contributed by atoms with Crippen molar-refractivity contribution in [3.8, 4) is 0 Å².